The Morgan fingerprint density at radius 1 is 1.13 bits per heavy atom. The lowest BCUT2D eigenvalue weighted by Crippen LogP contribution is -1.98. The molecule has 3 aromatic rings. The largest absolute Gasteiger partial charge is 0.354 e. The van der Waals surface area contributed by atoms with Gasteiger partial charge in [0.2, 0.25) is 0 Å². The van der Waals surface area contributed by atoms with Crippen LogP contribution in [0.5, 0.6) is 0 Å². The zero-order chi connectivity index (χ0) is 16.0. The molecule has 0 radical (unpaired) electrons. The normalized spacial score (nSPS) is 14.2. The first-order valence-electron chi connectivity index (χ1n) is 7.70. The molecule has 2 aromatic heterocycles. The Labute approximate surface area is 139 Å². The molecule has 4 nitrogen and oxygen atoms in total. The van der Waals surface area contributed by atoms with E-state index in [4.69, 9.17) is 21.1 Å². The Morgan fingerprint density at radius 2 is 1.91 bits per heavy atom. The summed E-state index contributed by atoms with van der Waals surface area (Å²) in [6, 6.07) is 7.71. The molecule has 0 amide bonds. The molecule has 0 bridgehead atoms. The highest BCUT2D eigenvalue weighted by Crippen LogP contribution is 2.41. The molecule has 23 heavy (non-hydrogen) atoms. The van der Waals surface area contributed by atoms with Crippen molar-refractivity contribution in [1.29, 1.82) is 0 Å². The highest BCUT2D eigenvalue weighted by atomic mass is 35.5. The van der Waals surface area contributed by atoms with Crippen molar-refractivity contribution >= 4 is 11.6 Å². The Morgan fingerprint density at radius 3 is 2.57 bits per heavy atom. The molecular formula is C18H16ClN3O. The van der Waals surface area contributed by atoms with Crippen LogP contribution in [0.3, 0.4) is 0 Å². The summed E-state index contributed by atoms with van der Waals surface area (Å²) >= 11 is 6.38. The minimum atomic E-state index is 0.471. The number of nitrogens with zero attached hydrogens (tertiary/aromatic N) is 3. The van der Waals surface area contributed by atoms with E-state index in [1.807, 2.05) is 44.3 Å². The van der Waals surface area contributed by atoms with Gasteiger partial charge in [-0.1, -0.05) is 35.0 Å². The molecule has 1 saturated carbocycles. The van der Waals surface area contributed by atoms with Gasteiger partial charge in [0.05, 0.1) is 5.69 Å². The first-order valence-corrected chi connectivity index (χ1v) is 8.08. The van der Waals surface area contributed by atoms with Crippen molar-refractivity contribution in [2.24, 2.45) is 0 Å². The smallest absolute Gasteiger partial charge is 0.189 e. The third kappa shape index (κ3) is 2.53. The predicted octanol–water partition coefficient (Wildman–Crippen LogP) is 4.95. The van der Waals surface area contributed by atoms with Crippen LogP contribution in [-0.4, -0.2) is 15.1 Å². The molecule has 5 heteroatoms. The molecule has 0 spiro atoms. The number of benzene rings is 1. The zero-order valence-corrected chi connectivity index (χ0v) is 13.8. The van der Waals surface area contributed by atoms with Crippen molar-refractivity contribution in [1.82, 2.24) is 15.1 Å². The van der Waals surface area contributed by atoms with E-state index in [2.05, 4.69) is 10.1 Å². The predicted molar refractivity (Wildman–Crippen MR) is 89.4 cm³/mol. The molecule has 0 unspecified atom stereocenters. The van der Waals surface area contributed by atoms with Gasteiger partial charge >= 0.3 is 0 Å². The maximum atomic E-state index is 6.38. The van der Waals surface area contributed by atoms with Gasteiger partial charge in [-0.2, -0.15) is 0 Å². The van der Waals surface area contributed by atoms with Crippen molar-refractivity contribution in [3.05, 3.63) is 52.6 Å². The first kappa shape index (κ1) is 14.4. The topological polar surface area (TPSA) is 51.8 Å². The summed E-state index contributed by atoms with van der Waals surface area (Å²) in [6.45, 7) is 3.93. The molecule has 4 rings (SSSR count). The quantitative estimate of drug-likeness (QED) is 0.684. The molecule has 1 aromatic carbocycles. The van der Waals surface area contributed by atoms with Crippen molar-refractivity contribution in [3.63, 3.8) is 0 Å². The molecule has 116 valence electrons. The van der Waals surface area contributed by atoms with Crippen LogP contribution in [0.2, 0.25) is 5.02 Å². The van der Waals surface area contributed by atoms with Crippen molar-refractivity contribution < 1.29 is 4.52 Å². The second-order valence-electron chi connectivity index (χ2n) is 5.97. The maximum absolute atomic E-state index is 6.38. The number of rotatable bonds is 3. The number of halogens is 1. The summed E-state index contributed by atoms with van der Waals surface area (Å²) in [7, 11) is 0. The molecular weight excluding hydrogens is 310 g/mol. The van der Waals surface area contributed by atoms with Crippen LogP contribution >= 0.6 is 11.6 Å². The first-order chi connectivity index (χ1) is 11.1. The van der Waals surface area contributed by atoms with E-state index in [0.717, 1.165) is 46.7 Å². The standard InChI is InChI=1S/C18H16ClN3O/c1-10-11(2)22-23-17(10)16-14(13-5-3-4-6-15(13)19)9-20-18(21-16)12-7-8-12/h3-6,9,12H,7-8H2,1-2H3. The highest BCUT2D eigenvalue weighted by Gasteiger charge is 2.29. The van der Waals surface area contributed by atoms with Gasteiger partial charge in [-0.25, -0.2) is 9.97 Å². The number of hydrogen-bond donors (Lipinski definition) is 0. The summed E-state index contributed by atoms with van der Waals surface area (Å²) in [5.41, 5.74) is 4.42. The van der Waals surface area contributed by atoms with Crippen molar-refractivity contribution in [2.75, 3.05) is 0 Å². The molecule has 1 aliphatic carbocycles. The third-order valence-electron chi connectivity index (χ3n) is 4.29. The summed E-state index contributed by atoms with van der Waals surface area (Å²) in [5.74, 6) is 2.05. The molecule has 0 atom stereocenters. The molecule has 1 aliphatic rings. The van der Waals surface area contributed by atoms with E-state index < -0.39 is 0 Å². The maximum Gasteiger partial charge on any atom is 0.189 e. The van der Waals surface area contributed by atoms with Crippen molar-refractivity contribution in [2.45, 2.75) is 32.6 Å². The average molecular weight is 326 g/mol. The molecule has 1 fully saturated rings. The van der Waals surface area contributed by atoms with Gasteiger partial charge in [0.15, 0.2) is 5.76 Å². The fourth-order valence-electron chi connectivity index (χ4n) is 2.62. The second kappa shape index (κ2) is 5.46. The fourth-order valence-corrected chi connectivity index (χ4v) is 2.86. The molecule has 0 N–H and O–H groups in total. The van der Waals surface area contributed by atoms with Gasteiger partial charge in [0.25, 0.3) is 0 Å². The van der Waals surface area contributed by atoms with Crippen LogP contribution in [-0.2, 0) is 0 Å². The average Bonchev–Trinajstić information content (AvgIpc) is 3.35. The third-order valence-corrected chi connectivity index (χ3v) is 4.62. The molecule has 2 heterocycles. The Hall–Kier alpha value is -2.20. The minimum Gasteiger partial charge on any atom is -0.354 e. The van der Waals surface area contributed by atoms with Crippen molar-refractivity contribution in [3.8, 4) is 22.6 Å². The summed E-state index contributed by atoms with van der Waals surface area (Å²) < 4.78 is 5.55. The van der Waals surface area contributed by atoms with Gasteiger partial charge in [-0.15, -0.1) is 0 Å². The van der Waals surface area contributed by atoms with E-state index in [9.17, 15) is 0 Å². The summed E-state index contributed by atoms with van der Waals surface area (Å²) in [6.07, 6.45) is 4.16. The lowest BCUT2D eigenvalue weighted by molar-refractivity contribution is 0.425. The lowest BCUT2D eigenvalue weighted by Gasteiger charge is -2.10. The van der Waals surface area contributed by atoms with E-state index >= 15 is 0 Å². The van der Waals surface area contributed by atoms with Crippen LogP contribution in [0, 0.1) is 13.8 Å². The number of hydrogen-bond acceptors (Lipinski definition) is 4. The summed E-state index contributed by atoms with van der Waals surface area (Å²) in [5, 5.41) is 4.74. The zero-order valence-electron chi connectivity index (χ0n) is 13.0. The lowest BCUT2D eigenvalue weighted by atomic mass is 10.0. The van der Waals surface area contributed by atoms with E-state index in [1.165, 1.54) is 0 Å². The SMILES string of the molecule is Cc1noc(-c2nc(C3CC3)ncc2-c2ccccc2Cl)c1C. The van der Waals surface area contributed by atoms with Gasteiger partial charge in [-0.3, -0.25) is 0 Å². The van der Waals surface area contributed by atoms with Crippen LogP contribution in [0.25, 0.3) is 22.6 Å². The van der Waals surface area contributed by atoms with E-state index in [1.54, 1.807) is 0 Å². The van der Waals surface area contributed by atoms with Crippen LogP contribution in [0.1, 0.15) is 35.8 Å². The highest BCUT2D eigenvalue weighted by molar-refractivity contribution is 6.33. The van der Waals surface area contributed by atoms with Gasteiger partial charge in [0.1, 0.15) is 11.5 Å². The number of aryl methyl sites for hydroxylation is 1. The van der Waals surface area contributed by atoms with Crippen LogP contribution in [0.4, 0.5) is 0 Å². The van der Waals surface area contributed by atoms with Crippen LogP contribution < -0.4 is 0 Å². The van der Waals surface area contributed by atoms with Gasteiger partial charge in [0, 0.05) is 33.8 Å². The van der Waals surface area contributed by atoms with E-state index in [-0.39, 0.29) is 0 Å². The van der Waals surface area contributed by atoms with E-state index in [0.29, 0.717) is 16.7 Å². The molecule has 0 saturated heterocycles. The van der Waals surface area contributed by atoms with Gasteiger partial charge < -0.3 is 4.52 Å². The second-order valence-corrected chi connectivity index (χ2v) is 6.37. The van der Waals surface area contributed by atoms with Gasteiger partial charge in [-0.05, 0) is 32.8 Å². The Bertz CT molecular complexity index is 884. The molecule has 0 aliphatic heterocycles. The van der Waals surface area contributed by atoms with Crippen LogP contribution in [0.15, 0.2) is 35.0 Å². The Kier molecular flexibility index (Phi) is 3.42. The fraction of sp³-hybridized carbons (Fsp3) is 0.278. The minimum absolute atomic E-state index is 0.471. The number of aromatic nitrogens is 3. The monoisotopic (exact) mass is 325 g/mol. The Balaban J connectivity index is 1.95. The summed E-state index contributed by atoms with van der Waals surface area (Å²) in [4.78, 5) is 9.34.